The van der Waals surface area contributed by atoms with E-state index in [4.69, 9.17) is 22.8 Å². The van der Waals surface area contributed by atoms with Crippen molar-refractivity contribution in [2.75, 3.05) is 80.7 Å². The zero-order chi connectivity index (χ0) is 29.1. The molecule has 0 aromatic rings. The zero-order valence-corrected chi connectivity index (χ0v) is 24.5. The third-order valence-electron chi connectivity index (χ3n) is 6.30. The van der Waals surface area contributed by atoms with Crippen molar-refractivity contribution in [1.82, 2.24) is 4.90 Å². The molecule has 5 N–H and O–H groups in total. The van der Waals surface area contributed by atoms with Gasteiger partial charge in [0.25, 0.3) is 8.07 Å². The van der Waals surface area contributed by atoms with Crippen molar-refractivity contribution in [2.45, 2.75) is 42.7 Å². The van der Waals surface area contributed by atoms with Crippen LogP contribution in [0.25, 0.3) is 0 Å². The van der Waals surface area contributed by atoms with E-state index in [1.807, 2.05) is 0 Å². The molecular formula is C22H45NO13Si2. The molecular weight excluding hydrogens is 542 g/mol. The van der Waals surface area contributed by atoms with Crippen LogP contribution in [0.4, 0.5) is 0 Å². The number of rotatable bonds is 26. The van der Waals surface area contributed by atoms with E-state index in [9.17, 15) is 39.9 Å². The van der Waals surface area contributed by atoms with Gasteiger partial charge in [-0.05, 0) is 18.9 Å². The Morgan fingerprint density at radius 3 is 1.47 bits per heavy atom. The number of β-amino-alcohol motifs (C(OH)–C–C–N with tert-alkyl or cyclic N) is 2. The summed E-state index contributed by atoms with van der Waals surface area (Å²) >= 11 is 0. The van der Waals surface area contributed by atoms with Crippen LogP contribution in [-0.4, -0.2) is 163 Å². The number of ether oxygens (including phenoxy) is 2. The van der Waals surface area contributed by atoms with Gasteiger partial charge in [0.1, 0.15) is 17.7 Å². The monoisotopic (exact) mass is 587 g/mol. The quantitative estimate of drug-likeness (QED) is 0.0394. The Balaban J connectivity index is 4.84. The summed E-state index contributed by atoms with van der Waals surface area (Å²) in [6, 6.07) is 0.613. The second-order valence-electron chi connectivity index (χ2n) is 9.03. The van der Waals surface area contributed by atoms with E-state index in [2.05, 4.69) is 0 Å². The highest BCUT2D eigenvalue weighted by Gasteiger charge is 2.38. The van der Waals surface area contributed by atoms with Gasteiger partial charge in [-0.2, -0.15) is 0 Å². The summed E-state index contributed by atoms with van der Waals surface area (Å²) in [6.07, 6.45) is -1.38. The van der Waals surface area contributed by atoms with Crippen LogP contribution in [0.2, 0.25) is 12.1 Å². The first-order valence-electron chi connectivity index (χ1n) is 12.3. The molecule has 0 aliphatic rings. The molecule has 0 amide bonds. The van der Waals surface area contributed by atoms with Crippen molar-refractivity contribution in [3.8, 4) is 0 Å². The van der Waals surface area contributed by atoms with Crippen LogP contribution >= 0.6 is 0 Å². The largest absolute Gasteiger partial charge is 0.500 e. The SMILES string of the molecule is CO[Si](CCCOCC(O)CN(CC(O)COCCC[Si](C=O)(C=O)C=O)C(CO)(CO)CO)(OC)OC. The minimum absolute atomic E-state index is 0.0845. The Morgan fingerprint density at radius 1 is 0.737 bits per heavy atom. The molecule has 2 unspecified atom stereocenters. The second-order valence-corrected chi connectivity index (χ2v) is 15.6. The van der Waals surface area contributed by atoms with Gasteiger partial charge in [-0.25, -0.2) is 0 Å². The summed E-state index contributed by atoms with van der Waals surface area (Å²) in [6.45, 7) is -2.13. The van der Waals surface area contributed by atoms with E-state index in [1.165, 1.54) is 26.2 Å². The van der Waals surface area contributed by atoms with Gasteiger partial charge < -0.3 is 62.7 Å². The predicted molar refractivity (Wildman–Crippen MR) is 141 cm³/mol. The summed E-state index contributed by atoms with van der Waals surface area (Å²) in [5.74, 6) is 1.25. The van der Waals surface area contributed by atoms with Gasteiger partial charge >= 0.3 is 8.80 Å². The molecule has 0 saturated heterocycles. The van der Waals surface area contributed by atoms with Gasteiger partial charge in [0, 0.05) is 53.7 Å². The summed E-state index contributed by atoms with van der Waals surface area (Å²) in [7, 11) is -1.45. The Bertz CT molecular complexity index is 614. The zero-order valence-electron chi connectivity index (χ0n) is 22.5. The number of hydrogen-bond donors (Lipinski definition) is 5. The fourth-order valence-corrected chi connectivity index (χ4v) is 6.62. The lowest BCUT2D eigenvalue weighted by molar-refractivity contribution is -0.0929. The molecule has 0 spiro atoms. The Hall–Kier alpha value is -0.996. The van der Waals surface area contributed by atoms with E-state index in [-0.39, 0.29) is 52.0 Å². The minimum atomic E-state index is -3.24. The third-order valence-corrected chi connectivity index (χ3v) is 11.7. The number of hydrogen-bond acceptors (Lipinski definition) is 14. The summed E-state index contributed by atoms with van der Waals surface area (Å²) in [5.41, 5.74) is -1.52. The van der Waals surface area contributed by atoms with E-state index < -0.39 is 54.4 Å². The van der Waals surface area contributed by atoms with Gasteiger partial charge in [0.15, 0.2) is 0 Å². The van der Waals surface area contributed by atoms with Gasteiger partial charge in [0.05, 0.1) is 50.8 Å². The predicted octanol–water partition coefficient (Wildman–Crippen LogP) is -2.82. The summed E-state index contributed by atoms with van der Waals surface area (Å²) in [5, 5.41) is 50.5. The van der Waals surface area contributed by atoms with E-state index in [0.717, 1.165) is 0 Å². The fourth-order valence-electron chi connectivity index (χ4n) is 3.65. The molecule has 0 saturated carbocycles. The lowest BCUT2D eigenvalue weighted by Crippen LogP contribution is -2.61. The number of carbonyl (C=O) groups is 3. The average molecular weight is 588 g/mol. The van der Waals surface area contributed by atoms with Gasteiger partial charge in [0.2, 0.25) is 0 Å². The average Bonchev–Trinajstić information content (AvgIpc) is 2.94. The van der Waals surface area contributed by atoms with E-state index in [0.29, 0.717) is 30.2 Å². The van der Waals surface area contributed by atoms with Gasteiger partial charge in [-0.3, -0.25) is 4.90 Å². The molecule has 2 atom stereocenters. The molecule has 224 valence electrons. The van der Waals surface area contributed by atoms with Crippen molar-refractivity contribution >= 4 is 34.6 Å². The molecule has 0 bridgehead atoms. The fraction of sp³-hybridized carbons (Fsp3) is 0.864. The number of nitrogens with zero attached hydrogens (tertiary/aromatic N) is 1. The molecule has 0 heterocycles. The van der Waals surface area contributed by atoms with Crippen LogP contribution in [0.1, 0.15) is 12.8 Å². The van der Waals surface area contributed by atoms with Gasteiger partial charge in [-0.1, -0.05) is 0 Å². The van der Waals surface area contributed by atoms with E-state index >= 15 is 0 Å². The lowest BCUT2D eigenvalue weighted by atomic mass is 9.99. The normalized spacial score (nSPS) is 14.4. The molecule has 0 aliphatic heterocycles. The maximum Gasteiger partial charge on any atom is 0.500 e. The maximum atomic E-state index is 11.0. The standard InChI is InChI=1S/C22H45NO13Si2/c1-32-38(33-2,34-3)9-5-7-36-13-21(31)11-23(22(14-24,15-25)16-26)10-20(30)12-35-6-4-8-37(17-27,18-28)19-29/h17-21,24-26,30-31H,4-16H2,1-3H3. The first kappa shape index (κ1) is 37.0. The third kappa shape index (κ3) is 12.0. The van der Waals surface area contributed by atoms with E-state index in [1.54, 1.807) is 0 Å². The Morgan fingerprint density at radius 2 is 1.13 bits per heavy atom. The van der Waals surface area contributed by atoms with Gasteiger partial charge in [-0.15, -0.1) is 0 Å². The molecule has 16 heteroatoms. The van der Waals surface area contributed by atoms with Crippen LogP contribution < -0.4 is 0 Å². The number of aliphatic hydroxyl groups excluding tert-OH is 5. The first-order chi connectivity index (χ1) is 18.1. The highest BCUT2D eigenvalue weighted by Crippen LogP contribution is 2.17. The molecule has 0 rings (SSSR count). The number of carbonyl (C=O) groups excluding carboxylic acids is 3. The molecule has 0 aliphatic carbocycles. The molecule has 0 radical (unpaired) electrons. The van der Waals surface area contributed by atoms with Crippen molar-refractivity contribution < 1.29 is 62.7 Å². The maximum absolute atomic E-state index is 11.0. The molecule has 0 aromatic heterocycles. The van der Waals surface area contributed by atoms with Crippen LogP contribution in [0.5, 0.6) is 0 Å². The Labute approximate surface area is 225 Å². The number of aliphatic hydroxyl groups is 5. The van der Waals surface area contributed by atoms with Crippen LogP contribution in [0.3, 0.4) is 0 Å². The Kier molecular flexibility index (Phi) is 19.4. The van der Waals surface area contributed by atoms with Crippen LogP contribution in [0, 0.1) is 0 Å². The molecule has 0 fully saturated rings. The van der Waals surface area contributed by atoms with Crippen molar-refractivity contribution in [1.29, 1.82) is 0 Å². The second kappa shape index (κ2) is 20.0. The van der Waals surface area contributed by atoms with Crippen molar-refractivity contribution in [3.05, 3.63) is 0 Å². The molecule has 0 aromatic carbocycles. The van der Waals surface area contributed by atoms with Crippen LogP contribution in [-0.2, 0) is 37.1 Å². The molecule has 14 nitrogen and oxygen atoms in total. The van der Waals surface area contributed by atoms with Crippen molar-refractivity contribution in [2.24, 2.45) is 0 Å². The van der Waals surface area contributed by atoms with Crippen molar-refractivity contribution in [3.63, 3.8) is 0 Å². The summed E-state index contributed by atoms with van der Waals surface area (Å²) < 4.78 is 26.9. The molecule has 38 heavy (non-hydrogen) atoms. The van der Waals surface area contributed by atoms with Crippen LogP contribution in [0.15, 0.2) is 0 Å². The minimum Gasteiger partial charge on any atom is -0.394 e. The highest BCUT2D eigenvalue weighted by atomic mass is 28.4. The smallest absolute Gasteiger partial charge is 0.394 e. The lowest BCUT2D eigenvalue weighted by Gasteiger charge is -2.42. The summed E-state index contributed by atoms with van der Waals surface area (Å²) in [4.78, 5) is 34.5. The topological polar surface area (TPSA) is 202 Å². The first-order valence-corrected chi connectivity index (χ1v) is 16.7. The highest BCUT2D eigenvalue weighted by molar-refractivity contribution is 7.32.